The van der Waals surface area contributed by atoms with E-state index in [1.807, 2.05) is 24.3 Å². The second-order valence-corrected chi connectivity index (χ2v) is 8.70. The maximum absolute atomic E-state index is 11.8. The van der Waals surface area contributed by atoms with E-state index >= 15 is 0 Å². The number of rotatable bonds is 3. The predicted octanol–water partition coefficient (Wildman–Crippen LogP) is 1.84. The monoisotopic (exact) mass is 358 g/mol. The molecule has 6 heteroatoms. The Hall–Kier alpha value is -1.86. The van der Waals surface area contributed by atoms with E-state index in [9.17, 15) is 18.8 Å². The lowest BCUT2D eigenvalue weighted by molar-refractivity contribution is 0.0564. The van der Waals surface area contributed by atoms with Crippen LogP contribution in [0.1, 0.15) is 42.7 Å². The molecule has 1 aliphatic heterocycles. The Morgan fingerprint density at radius 3 is 2.40 bits per heavy atom. The molecular weight excluding hydrogens is 336 g/mol. The van der Waals surface area contributed by atoms with Crippen molar-refractivity contribution in [2.45, 2.75) is 43.7 Å². The molecule has 0 amide bonds. The van der Waals surface area contributed by atoms with E-state index in [1.165, 1.54) is 25.7 Å². The van der Waals surface area contributed by atoms with Crippen LogP contribution in [0.3, 0.4) is 0 Å². The van der Waals surface area contributed by atoms with Gasteiger partial charge in [-0.3, -0.25) is 0 Å². The highest BCUT2D eigenvalue weighted by atomic mass is 32.2. The normalized spacial score (nSPS) is 27.2. The molecule has 0 spiro atoms. The molecule has 0 radical (unpaired) electrons. The van der Waals surface area contributed by atoms with E-state index in [-0.39, 0.29) is 12.5 Å². The number of sulfonamides is 1. The highest BCUT2D eigenvalue weighted by Gasteiger charge is 2.53. The van der Waals surface area contributed by atoms with Crippen molar-refractivity contribution in [1.82, 2.24) is 4.31 Å². The maximum atomic E-state index is 11.8. The Bertz CT molecular complexity index is 824. The van der Waals surface area contributed by atoms with Crippen LogP contribution in [0.25, 0.3) is 0 Å². The van der Waals surface area contributed by atoms with Gasteiger partial charge in [0.2, 0.25) is 10.0 Å². The number of benzene rings is 1. The van der Waals surface area contributed by atoms with Gasteiger partial charge in [0.05, 0.1) is 25.0 Å². The van der Waals surface area contributed by atoms with Gasteiger partial charge in [0.25, 0.3) is 0 Å². The summed E-state index contributed by atoms with van der Waals surface area (Å²) in [7, 11) is -3.53. The molecule has 2 aliphatic rings. The van der Waals surface area contributed by atoms with Gasteiger partial charge in [0.1, 0.15) is 6.04 Å². The van der Waals surface area contributed by atoms with Crippen molar-refractivity contribution in [3.05, 3.63) is 35.4 Å². The zero-order valence-corrected chi connectivity index (χ0v) is 15.0. The molecule has 3 rings (SSSR count). The lowest BCUT2D eigenvalue weighted by Gasteiger charge is -2.49. The minimum absolute atomic E-state index is 0.306. The number of hydrogen-bond acceptors (Lipinski definition) is 4. The minimum Gasteiger partial charge on any atom is -0.395 e. The molecule has 5 nitrogen and oxygen atoms in total. The lowest BCUT2D eigenvalue weighted by atomic mass is 9.78. The van der Waals surface area contributed by atoms with E-state index in [0.29, 0.717) is 5.92 Å². The second kappa shape index (κ2) is 7.17. The molecule has 25 heavy (non-hydrogen) atoms. The molecule has 1 aliphatic carbocycles. The SMILES string of the molecule is CS(=O)(=O)N1[C@@H](C#N)[C@@H](c2ccc(C#CC3CCCC3)cc2)[C@@H]1CO. The number of aliphatic hydroxyl groups excluding tert-OH is 1. The fourth-order valence-corrected chi connectivity index (χ4v) is 5.14. The molecule has 2 fully saturated rings. The first-order valence-electron chi connectivity index (χ1n) is 8.56. The molecule has 1 heterocycles. The number of hydrogen-bond donors (Lipinski definition) is 1. The highest BCUT2D eigenvalue weighted by Crippen LogP contribution is 2.41. The van der Waals surface area contributed by atoms with Crippen molar-refractivity contribution in [1.29, 1.82) is 5.26 Å². The van der Waals surface area contributed by atoms with Crippen molar-refractivity contribution in [3.63, 3.8) is 0 Å². The first-order valence-corrected chi connectivity index (χ1v) is 10.4. The Balaban J connectivity index is 1.78. The fraction of sp³-hybridized carbons (Fsp3) is 0.526. The number of aliphatic hydroxyl groups is 1. The summed E-state index contributed by atoms with van der Waals surface area (Å²) >= 11 is 0. The Kier molecular flexibility index (Phi) is 5.15. The van der Waals surface area contributed by atoms with E-state index in [0.717, 1.165) is 21.7 Å². The molecule has 0 bridgehead atoms. The van der Waals surface area contributed by atoms with Crippen molar-refractivity contribution < 1.29 is 13.5 Å². The van der Waals surface area contributed by atoms with Crippen LogP contribution in [0.4, 0.5) is 0 Å². The molecule has 132 valence electrons. The molecule has 1 aromatic carbocycles. The topological polar surface area (TPSA) is 81.4 Å². The predicted molar refractivity (Wildman–Crippen MR) is 95.0 cm³/mol. The molecule has 1 saturated heterocycles. The average molecular weight is 358 g/mol. The van der Waals surface area contributed by atoms with E-state index in [4.69, 9.17) is 0 Å². The van der Waals surface area contributed by atoms with Gasteiger partial charge in [0, 0.05) is 17.4 Å². The number of nitrogens with zero attached hydrogens (tertiary/aromatic N) is 2. The standard InChI is InChI=1S/C19H22N2O3S/c1-25(23,24)21-17(12-20)19(18(21)13-22)16-10-8-15(9-11-16)7-6-14-4-2-3-5-14/h8-11,14,17-19,22H,2-5,13H2,1H3/t17-,18-,19+/m0/s1. The van der Waals surface area contributed by atoms with Gasteiger partial charge < -0.3 is 5.11 Å². The maximum Gasteiger partial charge on any atom is 0.212 e. The van der Waals surface area contributed by atoms with Crippen molar-refractivity contribution >= 4 is 10.0 Å². The van der Waals surface area contributed by atoms with Gasteiger partial charge in [-0.2, -0.15) is 9.57 Å². The Morgan fingerprint density at radius 2 is 1.88 bits per heavy atom. The van der Waals surface area contributed by atoms with Crippen molar-refractivity contribution in [2.75, 3.05) is 12.9 Å². The third kappa shape index (κ3) is 3.57. The summed E-state index contributed by atoms with van der Waals surface area (Å²) in [5.74, 6) is 6.69. The summed E-state index contributed by atoms with van der Waals surface area (Å²) in [5, 5.41) is 19.0. The average Bonchev–Trinajstić information content (AvgIpc) is 3.06. The van der Waals surface area contributed by atoms with Gasteiger partial charge in [-0.05, 0) is 30.5 Å². The van der Waals surface area contributed by atoms with Crippen LogP contribution in [0.5, 0.6) is 0 Å². The largest absolute Gasteiger partial charge is 0.395 e. The zero-order valence-electron chi connectivity index (χ0n) is 14.2. The first-order chi connectivity index (χ1) is 12.0. The van der Waals surface area contributed by atoms with E-state index < -0.39 is 22.1 Å². The van der Waals surface area contributed by atoms with Crippen LogP contribution in [0, 0.1) is 29.1 Å². The summed E-state index contributed by atoms with van der Waals surface area (Å²) in [4.78, 5) is 0. The van der Waals surface area contributed by atoms with Gasteiger partial charge in [-0.25, -0.2) is 8.42 Å². The summed E-state index contributed by atoms with van der Waals surface area (Å²) in [6, 6.07) is 8.27. The van der Waals surface area contributed by atoms with Crippen LogP contribution >= 0.6 is 0 Å². The zero-order chi connectivity index (χ0) is 18.0. The molecule has 0 aromatic heterocycles. The molecule has 1 aromatic rings. The second-order valence-electron chi connectivity index (χ2n) is 6.82. The quantitative estimate of drug-likeness (QED) is 0.836. The molecule has 1 N–H and O–H groups in total. The van der Waals surface area contributed by atoms with Crippen molar-refractivity contribution in [3.8, 4) is 17.9 Å². The summed E-state index contributed by atoms with van der Waals surface area (Å²) in [6.07, 6.45) is 5.94. The third-order valence-corrected chi connectivity index (χ3v) is 6.39. The van der Waals surface area contributed by atoms with Crippen LogP contribution in [-0.4, -0.2) is 42.8 Å². The summed E-state index contributed by atoms with van der Waals surface area (Å²) < 4.78 is 24.8. The third-order valence-electron chi connectivity index (χ3n) is 5.13. The van der Waals surface area contributed by atoms with Crippen LogP contribution in [0.2, 0.25) is 0 Å². The Labute approximate surface area is 149 Å². The minimum atomic E-state index is -3.53. The molecular formula is C19H22N2O3S. The highest BCUT2D eigenvalue weighted by molar-refractivity contribution is 7.88. The lowest BCUT2D eigenvalue weighted by Crippen LogP contribution is -2.64. The van der Waals surface area contributed by atoms with Gasteiger partial charge in [-0.15, -0.1) is 0 Å². The van der Waals surface area contributed by atoms with Crippen molar-refractivity contribution in [2.24, 2.45) is 5.92 Å². The first kappa shape index (κ1) is 17.9. The fourth-order valence-electron chi connectivity index (χ4n) is 3.86. The van der Waals surface area contributed by atoms with Gasteiger partial charge in [0.15, 0.2) is 0 Å². The van der Waals surface area contributed by atoms with Gasteiger partial charge in [-0.1, -0.05) is 36.8 Å². The smallest absolute Gasteiger partial charge is 0.212 e. The van der Waals surface area contributed by atoms with Crippen LogP contribution < -0.4 is 0 Å². The van der Waals surface area contributed by atoms with Crippen LogP contribution in [0.15, 0.2) is 24.3 Å². The molecule has 1 saturated carbocycles. The van der Waals surface area contributed by atoms with Crippen LogP contribution in [-0.2, 0) is 10.0 Å². The van der Waals surface area contributed by atoms with Gasteiger partial charge >= 0.3 is 0 Å². The molecule has 0 unspecified atom stereocenters. The summed E-state index contributed by atoms with van der Waals surface area (Å²) in [6.45, 7) is -0.306. The summed E-state index contributed by atoms with van der Waals surface area (Å²) in [5.41, 5.74) is 1.78. The number of nitriles is 1. The molecule has 3 atom stereocenters. The van der Waals surface area contributed by atoms with E-state index in [1.54, 1.807) is 0 Å². The Morgan fingerprint density at radius 1 is 1.24 bits per heavy atom. The van der Waals surface area contributed by atoms with E-state index in [2.05, 4.69) is 17.9 Å².